The monoisotopic (exact) mass is 304 g/mol. The van der Waals surface area contributed by atoms with Crippen molar-refractivity contribution in [2.75, 3.05) is 12.4 Å². The highest BCUT2D eigenvalue weighted by atomic mass is 16.6. The molecule has 0 fully saturated rings. The summed E-state index contributed by atoms with van der Waals surface area (Å²) >= 11 is 0. The van der Waals surface area contributed by atoms with Gasteiger partial charge in [-0.2, -0.15) is 5.26 Å². The van der Waals surface area contributed by atoms with Crippen molar-refractivity contribution in [2.24, 2.45) is 0 Å². The van der Waals surface area contributed by atoms with E-state index in [9.17, 15) is 14.9 Å². The summed E-state index contributed by atoms with van der Waals surface area (Å²) in [6.07, 6.45) is 1.22. The summed E-state index contributed by atoms with van der Waals surface area (Å²) in [7, 11) is 1.37. The molecule has 0 aliphatic rings. The molecule has 0 spiro atoms. The molecule has 0 saturated carbocycles. The Kier molecular flexibility index (Phi) is 5.89. The summed E-state index contributed by atoms with van der Waals surface area (Å²) < 4.78 is 5.05. The number of nitriles is 1. The zero-order valence-electron chi connectivity index (χ0n) is 12.4. The van der Waals surface area contributed by atoms with Gasteiger partial charge in [0.15, 0.2) is 0 Å². The number of methoxy groups -OCH3 is 1. The smallest absolute Gasteiger partial charge is 0.273 e. The van der Waals surface area contributed by atoms with Gasteiger partial charge in [-0.3, -0.25) is 14.9 Å². The molecule has 8 heteroatoms. The Hall–Kier alpha value is -3.08. The van der Waals surface area contributed by atoms with E-state index in [4.69, 9.17) is 10.00 Å². The number of hydrogen-bond acceptors (Lipinski definition) is 6. The van der Waals surface area contributed by atoms with E-state index in [1.54, 1.807) is 19.9 Å². The average molecular weight is 304 g/mol. The van der Waals surface area contributed by atoms with Crippen LogP contribution >= 0.6 is 0 Å². The minimum Gasteiger partial charge on any atom is -0.494 e. The Morgan fingerprint density at radius 3 is 2.68 bits per heavy atom. The van der Waals surface area contributed by atoms with E-state index < -0.39 is 10.8 Å². The SMILES string of the molecule is COc1cc([N+](=O)[O-])ccc1N/C=C(/C#N)C(=O)NC(C)C. The molecule has 0 aromatic heterocycles. The number of carbonyl (C=O) groups is 1. The van der Waals surface area contributed by atoms with Crippen molar-refractivity contribution in [1.29, 1.82) is 5.26 Å². The molecule has 0 heterocycles. The highest BCUT2D eigenvalue weighted by molar-refractivity contribution is 5.97. The van der Waals surface area contributed by atoms with Gasteiger partial charge < -0.3 is 15.4 Å². The third-order valence-electron chi connectivity index (χ3n) is 2.55. The van der Waals surface area contributed by atoms with Crippen molar-refractivity contribution in [3.05, 3.63) is 40.1 Å². The number of ether oxygens (including phenoxy) is 1. The van der Waals surface area contributed by atoms with Gasteiger partial charge in [-0.15, -0.1) is 0 Å². The molecule has 0 aliphatic carbocycles. The zero-order valence-corrected chi connectivity index (χ0v) is 12.4. The van der Waals surface area contributed by atoms with Crippen LogP contribution in [0.5, 0.6) is 5.75 Å². The molecular weight excluding hydrogens is 288 g/mol. The summed E-state index contributed by atoms with van der Waals surface area (Å²) in [6, 6.07) is 5.65. The molecular formula is C14H16N4O4. The van der Waals surface area contributed by atoms with Gasteiger partial charge in [-0.1, -0.05) is 0 Å². The molecule has 8 nitrogen and oxygen atoms in total. The molecule has 0 bridgehead atoms. The Balaban J connectivity index is 2.98. The van der Waals surface area contributed by atoms with E-state index in [0.29, 0.717) is 5.69 Å². The van der Waals surface area contributed by atoms with E-state index in [-0.39, 0.29) is 23.1 Å². The summed E-state index contributed by atoms with van der Waals surface area (Å²) in [5.41, 5.74) is 0.164. The van der Waals surface area contributed by atoms with Gasteiger partial charge in [-0.25, -0.2) is 0 Å². The largest absolute Gasteiger partial charge is 0.494 e. The Morgan fingerprint density at radius 2 is 2.18 bits per heavy atom. The minimum absolute atomic E-state index is 0.0989. The van der Waals surface area contributed by atoms with Gasteiger partial charge in [0.2, 0.25) is 0 Å². The van der Waals surface area contributed by atoms with Crippen molar-refractivity contribution in [3.63, 3.8) is 0 Å². The van der Waals surface area contributed by atoms with E-state index in [0.717, 1.165) is 0 Å². The highest BCUT2D eigenvalue weighted by Crippen LogP contribution is 2.29. The van der Waals surface area contributed by atoms with Gasteiger partial charge in [0.1, 0.15) is 17.4 Å². The van der Waals surface area contributed by atoms with Crippen LogP contribution in [-0.2, 0) is 4.79 Å². The minimum atomic E-state index is -0.543. The Labute approximate surface area is 127 Å². The number of nitro benzene ring substituents is 1. The Morgan fingerprint density at radius 1 is 1.50 bits per heavy atom. The average Bonchev–Trinajstić information content (AvgIpc) is 2.46. The predicted octanol–water partition coefficient (Wildman–Crippen LogP) is 1.95. The molecule has 1 amide bonds. The van der Waals surface area contributed by atoms with Crippen LogP contribution in [0, 0.1) is 21.4 Å². The van der Waals surface area contributed by atoms with Crippen LogP contribution in [-0.4, -0.2) is 24.0 Å². The standard InChI is InChI=1S/C14H16N4O4/c1-9(2)17-14(19)10(7-15)8-16-12-5-4-11(18(20)21)6-13(12)22-3/h4-6,8-9,16H,1-3H3,(H,17,19)/b10-8-. The number of amides is 1. The maximum Gasteiger partial charge on any atom is 0.273 e. The number of non-ortho nitro benzene ring substituents is 1. The molecule has 116 valence electrons. The normalized spacial score (nSPS) is 10.8. The maximum absolute atomic E-state index is 11.7. The van der Waals surface area contributed by atoms with E-state index >= 15 is 0 Å². The van der Waals surface area contributed by atoms with Crippen molar-refractivity contribution < 1.29 is 14.5 Å². The third-order valence-corrected chi connectivity index (χ3v) is 2.55. The fraction of sp³-hybridized carbons (Fsp3) is 0.286. The number of anilines is 1. The van der Waals surface area contributed by atoms with E-state index in [1.165, 1.54) is 31.5 Å². The molecule has 1 rings (SSSR count). The fourth-order valence-electron chi connectivity index (χ4n) is 1.55. The molecule has 0 atom stereocenters. The summed E-state index contributed by atoms with van der Waals surface area (Å²) in [5.74, 6) is -0.280. The van der Waals surface area contributed by atoms with Crippen molar-refractivity contribution >= 4 is 17.3 Å². The molecule has 2 N–H and O–H groups in total. The van der Waals surface area contributed by atoms with Gasteiger partial charge in [-0.05, 0) is 19.9 Å². The first-order chi connectivity index (χ1) is 10.4. The molecule has 22 heavy (non-hydrogen) atoms. The van der Waals surface area contributed by atoms with Gasteiger partial charge >= 0.3 is 0 Å². The second-order valence-corrected chi connectivity index (χ2v) is 4.58. The number of nitrogens with zero attached hydrogens (tertiary/aromatic N) is 2. The summed E-state index contributed by atoms with van der Waals surface area (Å²) in [4.78, 5) is 21.9. The van der Waals surface area contributed by atoms with E-state index in [2.05, 4.69) is 10.6 Å². The molecule has 1 aromatic carbocycles. The lowest BCUT2D eigenvalue weighted by molar-refractivity contribution is -0.384. The van der Waals surface area contributed by atoms with Crippen LogP contribution < -0.4 is 15.4 Å². The lowest BCUT2D eigenvalue weighted by Gasteiger charge is -2.09. The topological polar surface area (TPSA) is 117 Å². The molecule has 1 aromatic rings. The number of nitro groups is 1. The first kappa shape index (κ1) is 17.0. The third kappa shape index (κ3) is 4.49. The predicted molar refractivity (Wildman–Crippen MR) is 80.2 cm³/mol. The van der Waals surface area contributed by atoms with Crippen molar-refractivity contribution in [2.45, 2.75) is 19.9 Å². The molecule has 0 unspecified atom stereocenters. The number of hydrogen-bond donors (Lipinski definition) is 2. The molecule has 0 aliphatic heterocycles. The molecule has 0 radical (unpaired) electrons. The number of carbonyl (C=O) groups excluding carboxylic acids is 1. The number of rotatable bonds is 6. The maximum atomic E-state index is 11.7. The quantitative estimate of drug-likeness (QED) is 0.359. The second-order valence-electron chi connectivity index (χ2n) is 4.58. The lowest BCUT2D eigenvalue weighted by Crippen LogP contribution is -2.31. The lowest BCUT2D eigenvalue weighted by atomic mass is 10.2. The second kappa shape index (κ2) is 7.64. The van der Waals surface area contributed by atoms with Crippen molar-refractivity contribution in [1.82, 2.24) is 5.32 Å². The van der Waals surface area contributed by atoms with Crippen LogP contribution in [0.1, 0.15) is 13.8 Å². The van der Waals surface area contributed by atoms with Gasteiger partial charge in [0.25, 0.3) is 11.6 Å². The van der Waals surface area contributed by atoms with Crippen LogP contribution in [0.25, 0.3) is 0 Å². The van der Waals surface area contributed by atoms with Gasteiger partial charge in [0.05, 0.1) is 23.8 Å². The van der Waals surface area contributed by atoms with Crippen LogP contribution in [0.15, 0.2) is 30.0 Å². The van der Waals surface area contributed by atoms with Crippen LogP contribution in [0.4, 0.5) is 11.4 Å². The Bertz CT molecular complexity index is 647. The first-order valence-electron chi connectivity index (χ1n) is 6.39. The number of benzene rings is 1. The van der Waals surface area contributed by atoms with Crippen molar-refractivity contribution in [3.8, 4) is 11.8 Å². The molecule has 0 saturated heterocycles. The summed E-state index contributed by atoms with van der Waals surface area (Å²) in [5, 5.41) is 25.0. The first-order valence-corrected chi connectivity index (χ1v) is 6.39. The van der Waals surface area contributed by atoms with Crippen LogP contribution in [0.3, 0.4) is 0 Å². The number of nitrogens with one attached hydrogen (secondary N) is 2. The fourth-order valence-corrected chi connectivity index (χ4v) is 1.55. The highest BCUT2D eigenvalue weighted by Gasteiger charge is 2.13. The van der Waals surface area contributed by atoms with Crippen LogP contribution in [0.2, 0.25) is 0 Å². The van der Waals surface area contributed by atoms with E-state index in [1.807, 2.05) is 0 Å². The zero-order chi connectivity index (χ0) is 16.7. The summed E-state index contributed by atoms with van der Waals surface area (Å²) in [6.45, 7) is 3.55. The van der Waals surface area contributed by atoms with Gasteiger partial charge in [0, 0.05) is 18.3 Å².